The number of unbranched alkanes of at least 4 members (excludes halogenated alkanes) is 1. The van der Waals surface area contributed by atoms with Crippen molar-refractivity contribution in [1.29, 1.82) is 0 Å². The fourth-order valence-electron chi connectivity index (χ4n) is 7.26. The van der Waals surface area contributed by atoms with Crippen LogP contribution in [-0.2, 0) is 17.4 Å². The zero-order valence-electron chi connectivity index (χ0n) is 29.4. The van der Waals surface area contributed by atoms with E-state index >= 15 is 0 Å². The largest absolute Gasteiger partial charge is 0.457 e. The van der Waals surface area contributed by atoms with Crippen molar-refractivity contribution < 1.29 is 4.74 Å². The van der Waals surface area contributed by atoms with Crippen molar-refractivity contribution in [3.63, 3.8) is 0 Å². The molecule has 47 heavy (non-hydrogen) atoms. The van der Waals surface area contributed by atoms with Crippen LogP contribution in [0, 0.1) is 6.92 Å². The van der Waals surface area contributed by atoms with Gasteiger partial charge in [-0.1, -0.05) is 112 Å². The van der Waals surface area contributed by atoms with Crippen LogP contribution in [0.2, 0.25) is 0 Å². The monoisotopic (exact) mass is 646 g/mol. The number of hydrogen-bond donors (Lipinski definition) is 2. The number of rotatable bonds is 12. The number of anilines is 1. The molecule has 3 aromatic rings. The molecule has 1 atom stereocenters. The lowest BCUT2D eigenvalue weighted by atomic mass is 9.76. The van der Waals surface area contributed by atoms with E-state index < -0.39 is 0 Å². The molecular weight excluding hydrogens is 593 g/mol. The Kier molecular flexibility index (Phi) is 11.3. The summed E-state index contributed by atoms with van der Waals surface area (Å²) in [4.78, 5) is 2.61. The van der Waals surface area contributed by atoms with Gasteiger partial charge in [-0.2, -0.15) is 12.6 Å². The number of nitrogens with zero attached hydrogens (tertiary/aromatic N) is 1. The number of para-hydroxylation sites is 1. The molecule has 0 radical (unpaired) electrons. The van der Waals surface area contributed by atoms with Crippen molar-refractivity contribution in [2.45, 2.75) is 97.1 Å². The molecule has 5 rings (SSSR count). The van der Waals surface area contributed by atoms with Crippen LogP contribution in [0.25, 0.3) is 0 Å². The van der Waals surface area contributed by atoms with Crippen molar-refractivity contribution in [1.82, 2.24) is 0 Å². The predicted octanol–water partition coefficient (Wildman–Crippen LogP) is 10.6. The average Bonchev–Trinajstić information content (AvgIpc) is 3.29. The molecule has 1 aliphatic heterocycles. The lowest BCUT2D eigenvalue weighted by Crippen LogP contribution is -2.40. The molecule has 0 aromatic heterocycles. The van der Waals surface area contributed by atoms with Gasteiger partial charge in [0.2, 0.25) is 0 Å². The predicted molar refractivity (Wildman–Crippen MR) is 205 cm³/mol. The number of hydrogen-bond acceptors (Lipinski definition) is 4. The topological polar surface area (TPSA) is 38.5 Å². The SMILES string of the molecule is C/C(=C/C=C1\CCCC(/C=C/C2N(CCCCS)c3ccccc3C2(C)C)=C1Oc1ccc(CN)cc1)C(C)(C)c1ccccc1C. The summed E-state index contributed by atoms with van der Waals surface area (Å²) in [5, 5.41) is 0. The van der Waals surface area contributed by atoms with Crippen molar-refractivity contribution in [2.24, 2.45) is 5.73 Å². The van der Waals surface area contributed by atoms with Crippen LogP contribution in [0.1, 0.15) is 89.0 Å². The van der Waals surface area contributed by atoms with Crippen LogP contribution in [0.3, 0.4) is 0 Å². The number of allylic oxidation sites excluding steroid dienone is 6. The Morgan fingerprint density at radius 1 is 1.00 bits per heavy atom. The third-order valence-electron chi connectivity index (χ3n) is 10.5. The summed E-state index contributed by atoms with van der Waals surface area (Å²) < 4.78 is 6.80. The van der Waals surface area contributed by atoms with E-state index in [9.17, 15) is 0 Å². The number of nitrogens with two attached hydrogens (primary N) is 1. The van der Waals surface area contributed by atoms with Gasteiger partial charge in [-0.05, 0) is 103 Å². The summed E-state index contributed by atoms with van der Waals surface area (Å²) in [6.07, 6.45) is 14.8. The Bertz CT molecular complexity index is 1660. The maximum atomic E-state index is 6.80. The van der Waals surface area contributed by atoms with Crippen LogP contribution in [0.4, 0.5) is 5.69 Å². The number of ether oxygens (including phenoxy) is 1. The van der Waals surface area contributed by atoms with Gasteiger partial charge in [0.1, 0.15) is 11.5 Å². The molecule has 3 aromatic carbocycles. The highest BCUT2D eigenvalue weighted by molar-refractivity contribution is 7.80. The highest BCUT2D eigenvalue weighted by Gasteiger charge is 2.42. The molecule has 0 amide bonds. The molecule has 3 nitrogen and oxygen atoms in total. The maximum absolute atomic E-state index is 6.80. The number of fused-ring (bicyclic) bond motifs is 1. The first-order valence-electron chi connectivity index (χ1n) is 17.4. The van der Waals surface area contributed by atoms with Crippen LogP contribution in [0.5, 0.6) is 5.75 Å². The highest BCUT2D eigenvalue weighted by Crippen LogP contribution is 2.46. The normalized spacial score (nSPS) is 19.1. The molecule has 0 fully saturated rings. The van der Waals surface area contributed by atoms with E-state index in [-0.39, 0.29) is 16.9 Å². The fourth-order valence-corrected chi connectivity index (χ4v) is 7.48. The molecular formula is C43H54N2OS. The van der Waals surface area contributed by atoms with Crippen LogP contribution >= 0.6 is 12.6 Å². The van der Waals surface area contributed by atoms with E-state index in [2.05, 4.69) is 144 Å². The third-order valence-corrected chi connectivity index (χ3v) is 10.8. The molecule has 1 unspecified atom stereocenters. The summed E-state index contributed by atoms with van der Waals surface area (Å²) in [6, 6.07) is 26.1. The molecule has 1 heterocycles. The second-order valence-corrected chi connectivity index (χ2v) is 14.8. The smallest absolute Gasteiger partial charge is 0.133 e. The summed E-state index contributed by atoms with van der Waals surface area (Å²) >= 11 is 4.49. The highest BCUT2D eigenvalue weighted by atomic mass is 32.1. The van der Waals surface area contributed by atoms with Gasteiger partial charge in [-0.25, -0.2) is 0 Å². The minimum Gasteiger partial charge on any atom is -0.457 e. The molecule has 0 spiro atoms. The molecule has 0 saturated carbocycles. The Balaban J connectivity index is 1.54. The number of thiol groups is 1. The van der Waals surface area contributed by atoms with E-state index in [1.54, 1.807) is 0 Å². The second-order valence-electron chi connectivity index (χ2n) is 14.3. The quantitative estimate of drug-likeness (QED) is 0.152. The molecule has 1 aliphatic carbocycles. The van der Waals surface area contributed by atoms with E-state index in [0.29, 0.717) is 6.54 Å². The lowest BCUT2D eigenvalue weighted by molar-refractivity contribution is 0.415. The van der Waals surface area contributed by atoms with Crippen molar-refractivity contribution >= 4 is 18.3 Å². The maximum Gasteiger partial charge on any atom is 0.133 e. The first kappa shape index (κ1) is 34.9. The first-order valence-corrected chi connectivity index (χ1v) is 18.0. The molecule has 0 saturated heterocycles. The summed E-state index contributed by atoms with van der Waals surface area (Å²) in [7, 11) is 0. The summed E-state index contributed by atoms with van der Waals surface area (Å²) in [5.74, 6) is 2.75. The average molecular weight is 647 g/mol. The molecule has 4 heteroatoms. The second kappa shape index (κ2) is 15.2. The Hall–Kier alpha value is -3.47. The van der Waals surface area contributed by atoms with Gasteiger partial charge in [0.25, 0.3) is 0 Å². The minimum atomic E-state index is -0.0813. The van der Waals surface area contributed by atoms with Gasteiger partial charge in [0.05, 0.1) is 6.04 Å². The lowest BCUT2D eigenvalue weighted by Gasteiger charge is -2.33. The van der Waals surface area contributed by atoms with Crippen LogP contribution in [-0.4, -0.2) is 18.3 Å². The first-order chi connectivity index (χ1) is 22.6. The van der Waals surface area contributed by atoms with E-state index in [0.717, 1.165) is 61.5 Å². The number of aryl methyl sites for hydroxylation is 1. The van der Waals surface area contributed by atoms with Crippen molar-refractivity contribution in [3.8, 4) is 5.75 Å². The minimum absolute atomic E-state index is 0.0119. The summed E-state index contributed by atoms with van der Waals surface area (Å²) in [6.45, 7) is 15.4. The van der Waals surface area contributed by atoms with Gasteiger partial charge in [0, 0.05) is 29.6 Å². The summed E-state index contributed by atoms with van der Waals surface area (Å²) in [5.41, 5.74) is 16.2. The number of benzene rings is 3. The Labute approximate surface area is 289 Å². The van der Waals surface area contributed by atoms with E-state index in [1.165, 1.54) is 39.1 Å². The van der Waals surface area contributed by atoms with E-state index in [1.807, 2.05) is 12.1 Å². The van der Waals surface area contributed by atoms with Crippen molar-refractivity contribution in [2.75, 3.05) is 17.2 Å². The third kappa shape index (κ3) is 7.66. The molecule has 2 aliphatic rings. The Morgan fingerprint density at radius 2 is 1.72 bits per heavy atom. The fraction of sp³-hybridized carbons (Fsp3) is 0.395. The van der Waals surface area contributed by atoms with Gasteiger partial charge < -0.3 is 15.4 Å². The van der Waals surface area contributed by atoms with Crippen LogP contribution < -0.4 is 15.4 Å². The molecule has 0 bridgehead atoms. The van der Waals surface area contributed by atoms with Gasteiger partial charge in [0.15, 0.2) is 0 Å². The Morgan fingerprint density at radius 3 is 2.45 bits per heavy atom. The van der Waals surface area contributed by atoms with Gasteiger partial charge in [-0.3, -0.25) is 0 Å². The standard InChI is InChI=1S/C43H54N2OS/c1-31-14-7-8-17-37(31)42(3,4)32(2)20-23-34-15-13-16-35(41(34)46-36-25-21-33(30-44)22-26-36)24-27-40-43(5,6)38-18-9-10-19-39(38)45(40)28-11-12-29-47/h7-10,14,17-27,40,47H,11-13,15-16,28-30,44H2,1-6H3/b27-24+,32-20-,34-23+. The van der Waals surface area contributed by atoms with Gasteiger partial charge >= 0.3 is 0 Å². The van der Waals surface area contributed by atoms with Crippen molar-refractivity contribution in [3.05, 3.63) is 142 Å². The zero-order valence-corrected chi connectivity index (χ0v) is 30.2. The van der Waals surface area contributed by atoms with Gasteiger partial charge in [-0.15, -0.1) is 0 Å². The van der Waals surface area contributed by atoms with E-state index in [4.69, 9.17) is 10.5 Å². The molecule has 2 N–H and O–H groups in total. The zero-order chi connectivity index (χ0) is 33.6. The molecule has 248 valence electrons. The van der Waals surface area contributed by atoms with Crippen LogP contribution in [0.15, 0.2) is 120 Å².